The molecule has 0 bridgehead atoms. The zero-order valence-corrected chi connectivity index (χ0v) is 11.1. The van der Waals surface area contributed by atoms with E-state index in [4.69, 9.17) is 0 Å². The average Bonchev–Trinajstić information content (AvgIpc) is 2.25. The fraction of sp³-hybridized carbons (Fsp3) is 0.571. The molecule has 0 aliphatic heterocycles. The van der Waals surface area contributed by atoms with Gasteiger partial charge in [-0.3, -0.25) is 0 Å². The standard InChI is InChI=1S/C14H20F3N/c1-11(2)7-8-18(3)10-12-5-4-6-13(9-12)14(15,16)17/h4-6,9,11H,7-8,10H2,1-3H3. The van der Waals surface area contributed by atoms with Crippen LogP contribution in [0.25, 0.3) is 0 Å². The molecule has 0 spiro atoms. The minimum Gasteiger partial charge on any atom is -0.302 e. The second kappa shape index (κ2) is 6.23. The lowest BCUT2D eigenvalue weighted by Gasteiger charge is -2.18. The van der Waals surface area contributed by atoms with Gasteiger partial charge in [0.2, 0.25) is 0 Å². The van der Waals surface area contributed by atoms with E-state index in [0.29, 0.717) is 18.0 Å². The van der Waals surface area contributed by atoms with Crippen molar-refractivity contribution < 1.29 is 13.2 Å². The van der Waals surface area contributed by atoms with Crippen LogP contribution in [0.1, 0.15) is 31.4 Å². The van der Waals surface area contributed by atoms with Gasteiger partial charge in [0.15, 0.2) is 0 Å². The fourth-order valence-electron chi connectivity index (χ4n) is 1.72. The van der Waals surface area contributed by atoms with E-state index >= 15 is 0 Å². The Morgan fingerprint density at radius 3 is 2.44 bits per heavy atom. The highest BCUT2D eigenvalue weighted by Crippen LogP contribution is 2.29. The quantitative estimate of drug-likeness (QED) is 0.766. The SMILES string of the molecule is CC(C)CCN(C)Cc1cccc(C(F)(F)F)c1. The van der Waals surface area contributed by atoms with Crippen LogP contribution in [0.5, 0.6) is 0 Å². The Morgan fingerprint density at radius 1 is 1.22 bits per heavy atom. The molecule has 0 N–H and O–H groups in total. The van der Waals surface area contributed by atoms with Crippen LogP contribution in [0, 0.1) is 5.92 Å². The van der Waals surface area contributed by atoms with Crippen molar-refractivity contribution in [2.45, 2.75) is 33.0 Å². The predicted octanol–water partition coefficient (Wildman–Crippen LogP) is 4.18. The number of benzene rings is 1. The first-order valence-electron chi connectivity index (χ1n) is 6.13. The van der Waals surface area contributed by atoms with Crippen LogP contribution < -0.4 is 0 Å². The second-order valence-electron chi connectivity index (χ2n) is 5.12. The van der Waals surface area contributed by atoms with E-state index < -0.39 is 11.7 Å². The molecule has 0 saturated carbocycles. The van der Waals surface area contributed by atoms with Crippen LogP contribution in [0.15, 0.2) is 24.3 Å². The third-order valence-electron chi connectivity index (χ3n) is 2.79. The molecule has 0 aliphatic rings. The summed E-state index contributed by atoms with van der Waals surface area (Å²) < 4.78 is 37.6. The molecule has 0 aromatic heterocycles. The first-order valence-corrected chi connectivity index (χ1v) is 6.13. The predicted molar refractivity (Wildman–Crippen MR) is 67.2 cm³/mol. The highest BCUT2D eigenvalue weighted by molar-refractivity contribution is 5.25. The monoisotopic (exact) mass is 259 g/mol. The van der Waals surface area contributed by atoms with E-state index in [2.05, 4.69) is 18.7 Å². The minimum atomic E-state index is -4.26. The van der Waals surface area contributed by atoms with Crippen molar-refractivity contribution in [2.24, 2.45) is 5.92 Å². The molecule has 1 aromatic rings. The molecule has 0 fully saturated rings. The lowest BCUT2D eigenvalue weighted by atomic mass is 10.1. The number of hydrogen-bond donors (Lipinski definition) is 0. The normalized spacial score (nSPS) is 12.4. The third kappa shape index (κ3) is 5.08. The van der Waals surface area contributed by atoms with E-state index in [1.54, 1.807) is 6.07 Å². The molecule has 0 heterocycles. The van der Waals surface area contributed by atoms with Crippen LogP contribution in [0.3, 0.4) is 0 Å². The van der Waals surface area contributed by atoms with Gasteiger partial charge in [-0.25, -0.2) is 0 Å². The average molecular weight is 259 g/mol. The van der Waals surface area contributed by atoms with Gasteiger partial charge in [0.25, 0.3) is 0 Å². The molecule has 0 atom stereocenters. The molecular formula is C14H20F3N. The van der Waals surface area contributed by atoms with Gasteiger partial charge in [-0.2, -0.15) is 13.2 Å². The van der Waals surface area contributed by atoms with Gasteiger partial charge in [-0.1, -0.05) is 32.0 Å². The van der Waals surface area contributed by atoms with Crippen molar-refractivity contribution in [3.63, 3.8) is 0 Å². The zero-order valence-electron chi connectivity index (χ0n) is 11.1. The summed E-state index contributed by atoms with van der Waals surface area (Å²) in [5.41, 5.74) is 0.133. The Bertz CT molecular complexity index is 372. The first-order chi connectivity index (χ1) is 8.29. The molecule has 0 amide bonds. The van der Waals surface area contributed by atoms with E-state index in [1.165, 1.54) is 12.1 Å². The van der Waals surface area contributed by atoms with Gasteiger partial charge in [-0.05, 0) is 37.6 Å². The van der Waals surface area contributed by atoms with Crippen molar-refractivity contribution >= 4 is 0 Å². The lowest BCUT2D eigenvalue weighted by molar-refractivity contribution is -0.137. The molecule has 4 heteroatoms. The Labute approximate surface area is 107 Å². The maximum atomic E-state index is 12.5. The molecule has 18 heavy (non-hydrogen) atoms. The van der Waals surface area contributed by atoms with Crippen molar-refractivity contribution in [1.82, 2.24) is 4.90 Å². The Morgan fingerprint density at radius 2 is 1.89 bits per heavy atom. The summed E-state index contributed by atoms with van der Waals surface area (Å²) in [6.07, 6.45) is -3.21. The topological polar surface area (TPSA) is 3.24 Å². The van der Waals surface area contributed by atoms with Gasteiger partial charge >= 0.3 is 6.18 Å². The van der Waals surface area contributed by atoms with Crippen LogP contribution >= 0.6 is 0 Å². The summed E-state index contributed by atoms with van der Waals surface area (Å²) in [5, 5.41) is 0. The number of nitrogens with zero attached hydrogens (tertiary/aromatic N) is 1. The molecule has 0 radical (unpaired) electrons. The van der Waals surface area contributed by atoms with Crippen molar-refractivity contribution in [3.8, 4) is 0 Å². The number of alkyl halides is 3. The van der Waals surface area contributed by atoms with Crippen LogP contribution in [-0.4, -0.2) is 18.5 Å². The zero-order chi connectivity index (χ0) is 13.8. The molecule has 0 saturated heterocycles. The Kier molecular flexibility index (Phi) is 5.20. The summed E-state index contributed by atoms with van der Waals surface area (Å²) in [7, 11) is 1.93. The van der Waals surface area contributed by atoms with E-state index in [-0.39, 0.29) is 0 Å². The summed E-state index contributed by atoms with van der Waals surface area (Å²) in [6.45, 7) is 5.72. The van der Waals surface area contributed by atoms with Crippen LogP contribution in [0.2, 0.25) is 0 Å². The Balaban J connectivity index is 2.62. The number of hydrogen-bond acceptors (Lipinski definition) is 1. The van der Waals surface area contributed by atoms with Crippen molar-refractivity contribution in [1.29, 1.82) is 0 Å². The van der Waals surface area contributed by atoms with Gasteiger partial charge < -0.3 is 4.90 Å². The summed E-state index contributed by atoms with van der Waals surface area (Å²) in [6, 6.07) is 5.54. The van der Waals surface area contributed by atoms with Crippen molar-refractivity contribution in [2.75, 3.05) is 13.6 Å². The maximum absolute atomic E-state index is 12.5. The van der Waals surface area contributed by atoms with E-state index in [9.17, 15) is 13.2 Å². The molecule has 0 unspecified atom stereocenters. The molecule has 1 aromatic carbocycles. The molecule has 102 valence electrons. The maximum Gasteiger partial charge on any atom is 0.416 e. The van der Waals surface area contributed by atoms with Gasteiger partial charge in [0.1, 0.15) is 0 Å². The lowest BCUT2D eigenvalue weighted by Crippen LogP contribution is -2.20. The van der Waals surface area contributed by atoms with E-state index in [1.807, 2.05) is 7.05 Å². The summed E-state index contributed by atoms with van der Waals surface area (Å²) in [5.74, 6) is 0.606. The number of halogens is 3. The third-order valence-corrected chi connectivity index (χ3v) is 2.79. The van der Waals surface area contributed by atoms with Gasteiger partial charge in [-0.15, -0.1) is 0 Å². The van der Waals surface area contributed by atoms with Crippen LogP contribution in [0.4, 0.5) is 13.2 Å². The largest absolute Gasteiger partial charge is 0.416 e. The molecule has 1 nitrogen and oxygen atoms in total. The Hall–Kier alpha value is -1.03. The minimum absolute atomic E-state index is 0.552. The molecule has 1 rings (SSSR count). The van der Waals surface area contributed by atoms with Gasteiger partial charge in [0, 0.05) is 6.54 Å². The highest BCUT2D eigenvalue weighted by Gasteiger charge is 2.30. The van der Waals surface area contributed by atoms with Crippen LogP contribution in [-0.2, 0) is 12.7 Å². The second-order valence-corrected chi connectivity index (χ2v) is 5.12. The fourth-order valence-corrected chi connectivity index (χ4v) is 1.72. The summed E-state index contributed by atoms with van der Waals surface area (Å²) in [4.78, 5) is 2.05. The summed E-state index contributed by atoms with van der Waals surface area (Å²) >= 11 is 0. The van der Waals surface area contributed by atoms with E-state index in [0.717, 1.165) is 19.0 Å². The van der Waals surface area contributed by atoms with Gasteiger partial charge in [0.05, 0.1) is 5.56 Å². The molecular weight excluding hydrogens is 239 g/mol. The first kappa shape index (κ1) is 15.0. The highest BCUT2D eigenvalue weighted by atomic mass is 19.4. The smallest absolute Gasteiger partial charge is 0.302 e. The van der Waals surface area contributed by atoms with Crippen molar-refractivity contribution in [3.05, 3.63) is 35.4 Å². The molecule has 0 aliphatic carbocycles. The number of rotatable bonds is 5.